The van der Waals surface area contributed by atoms with Crippen LogP contribution in [0.3, 0.4) is 0 Å². The monoisotopic (exact) mass is 442 g/mol. The summed E-state index contributed by atoms with van der Waals surface area (Å²) in [6, 6.07) is 20.7. The minimum Gasteiger partial charge on any atom is -0.342 e. The highest BCUT2D eigenvalue weighted by Crippen LogP contribution is 2.65. The maximum absolute atomic E-state index is 6.58. The molecule has 10 atom stereocenters. The summed E-state index contributed by atoms with van der Waals surface area (Å²) in [5.74, 6) is 0. The molecule has 0 saturated carbocycles. The van der Waals surface area contributed by atoms with Crippen molar-refractivity contribution in [1.82, 2.24) is 0 Å². The topological polar surface area (TPSA) is 36.9 Å². The number of benzene rings is 2. The number of hydrogen-bond acceptors (Lipinski definition) is 4. The highest BCUT2D eigenvalue weighted by molar-refractivity contribution is 7.62. The van der Waals surface area contributed by atoms with E-state index in [1.54, 1.807) is 0 Å². The van der Waals surface area contributed by atoms with Gasteiger partial charge in [-0.25, -0.2) is 0 Å². The van der Waals surface area contributed by atoms with E-state index in [0.717, 1.165) is 23.5 Å². The molecule has 4 saturated heterocycles. The van der Waals surface area contributed by atoms with Gasteiger partial charge in [-0.3, -0.25) is 0 Å². The Balaban J connectivity index is 1.23. The lowest BCUT2D eigenvalue weighted by Crippen LogP contribution is -2.41. The molecule has 158 valence electrons. The second-order valence-electron chi connectivity index (χ2n) is 8.90. The van der Waals surface area contributed by atoms with Crippen LogP contribution in [-0.4, -0.2) is 61.4 Å². The molecule has 30 heavy (non-hydrogen) atoms. The fourth-order valence-corrected chi connectivity index (χ4v) is 12.1. The van der Waals surface area contributed by atoms with Gasteiger partial charge in [-0.1, -0.05) is 60.7 Å². The molecule has 0 aromatic heterocycles. The van der Waals surface area contributed by atoms with Crippen LogP contribution in [0, 0.1) is 0 Å². The molecular formula is C24H28O4P2. The molecule has 4 fully saturated rings. The summed E-state index contributed by atoms with van der Waals surface area (Å²) >= 11 is 0. The van der Waals surface area contributed by atoms with Gasteiger partial charge in [0.1, 0.15) is 0 Å². The van der Waals surface area contributed by atoms with Crippen molar-refractivity contribution in [2.24, 2.45) is 0 Å². The van der Waals surface area contributed by atoms with Crippen molar-refractivity contribution in [2.75, 3.05) is 25.7 Å². The molecule has 6 rings (SSSR count). The predicted molar refractivity (Wildman–Crippen MR) is 121 cm³/mol. The Morgan fingerprint density at radius 3 is 1.40 bits per heavy atom. The summed E-state index contributed by atoms with van der Waals surface area (Å²) < 4.78 is 26.0. The molecular weight excluding hydrogens is 414 g/mol. The van der Waals surface area contributed by atoms with Crippen LogP contribution in [0.2, 0.25) is 0 Å². The fraction of sp³-hybridized carbons (Fsp3) is 0.500. The van der Waals surface area contributed by atoms with Crippen molar-refractivity contribution < 1.29 is 18.9 Å². The van der Waals surface area contributed by atoms with Crippen LogP contribution in [0.25, 0.3) is 0 Å². The van der Waals surface area contributed by atoms with Gasteiger partial charge < -0.3 is 18.9 Å². The van der Waals surface area contributed by atoms with Gasteiger partial charge >= 0.3 is 0 Å². The number of rotatable bonds is 3. The fourth-order valence-electron chi connectivity index (χ4n) is 5.65. The van der Waals surface area contributed by atoms with Gasteiger partial charge in [0.2, 0.25) is 0 Å². The van der Waals surface area contributed by atoms with Crippen LogP contribution in [0.5, 0.6) is 0 Å². The lowest BCUT2D eigenvalue weighted by Gasteiger charge is -2.34. The normalized spacial score (nSPS) is 44.9. The molecule has 6 heteroatoms. The maximum atomic E-state index is 6.58. The lowest BCUT2D eigenvalue weighted by molar-refractivity contribution is -0.0753. The third kappa shape index (κ3) is 3.28. The van der Waals surface area contributed by atoms with E-state index in [2.05, 4.69) is 61.9 Å². The Morgan fingerprint density at radius 1 is 0.600 bits per heavy atom. The minimum atomic E-state index is -0.231. The number of fused-ring (bicyclic) bond motifs is 2. The molecule has 4 aliphatic rings. The van der Waals surface area contributed by atoms with Crippen molar-refractivity contribution in [3.05, 3.63) is 71.8 Å². The van der Waals surface area contributed by atoms with Gasteiger partial charge in [-0.15, -0.1) is 15.8 Å². The maximum Gasteiger partial charge on any atom is 0.184 e. The van der Waals surface area contributed by atoms with Gasteiger partial charge in [0, 0.05) is 22.4 Å². The first-order valence-corrected chi connectivity index (χ1v) is 14.9. The Labute approximate surface area is 180 Å². The molecule has 2 aromatic rings. The first-order valence-electron chi connectivity index (χ1n) is 10.8. The third-order valence-corrected chi connectivity index (χ3v) is 12.4. The molecule has 4 nitrogen and oxygen atoms in total. The molecule has 2 unspecified atom stereocenters. The van der Waals surface area contributed by atoms with Crippen molar-refractivity contribution in [1.29, 1.82) is 0 Å². The van der Waals surface area contributed by atoms with Crippen molar-refractivity contribution in [3.8, 4) is 0 Å². The molecule has 0 radical (unpaired) electrons. The Hall–Kier alpha value is -0.860. The van der Waals surface area contributed by atoms with E-state index in [-0.39, 0.29) is 52.8 Å². The SMILES string of the molecule is C[P@@]1C[C@H]2OC(c3ccccc3)O[C@@H]2[C@@H]1[C@H]1[C@H]2OC(c3ccccc3)O[C@@H]2C[P@]1C. The van der Waals surface area contributed by atoms with Crippen LogP contribution < -0.4 is 0 Å². The smallest absolute Gasteiger partial charge is 0.184 e. The van der Waals surface area contributed by atoms with Crippen molar-refractivity contribution in [3.63, 3.8) is 0 Å². The van der Waals surface area contributed by atoms with Gasteiger partial charge in [-0.2, -0.15) is 0 Å². The van der Waals surface area contributed by atoms with E-state index in [1.807, 2.05) is 12.1 Å². The van der Waals surface area contributed by atoms with Crippen molar-refractivity contribution in [2.45, 2.75) is 48.3 Å². The first-order chi connectivity index (χ1) is 14.7. The van der Waals surface area contributed by atoms with E-state index in [1.165, 1.54) is 0 Å². The molecule has 4 aliphatic heterocycles. The van der Waals surface area contributed by atoms with E-state index >= 15 is 0 Å². The average Bonchev–Trinajstić information content (AvgIpc) is 3.49. The molecule has 0 amide bonds. The van der Waals surface area contributed by atoms with E-state index in [9.17, 15) is 0 Å². The van der Waals surface area contributed by atoms with Crippen LogP contribution in [0.1, 0.15) is 23.7 Å². The molecule has 0 bridgehead atoms. The summed E-state index contributed by atoms with van der Waals surface area (Å²) in [4.78, 5) is 0. The zero-order valence-electron chi connectivity index (χ0n) is 17.3. The summed E-state index contributed by atoms with van der Waals surface area (Å²) in [6.45, 7) is 4.87. The van der Waals surface area contributed by atoms with Gasteiger partial charge in [0.15, 0.2) is 12.6 Å². The Kier molecular flexibility index (Phi) is 5.23. The average molecular weight is 442 g/mol. The largest absolute Gasteiger partial charge is 0.342 e. The second kappa shape index (κ2) is 7.93. The van der Waals surface area contributed by atoms with Gasteiger partial charge in [-0.05, 0) is 25.7 Å². The van der Waals surface area contributed by atoms with Crippen LogP contribution in [0.15, 0.2) is 60.7 Å². The number of hydrogen-bond donors (Lipinski definition) is 0. The number of ether oxygens (including phenoxy) is 4. The van der Waals surface area contributed by atoms with Crippen LogP contribution >= 0.6 is 15.8 Å². The summed E-state index contributed by atoms with van der Waals surface area (Å²) in [6.07, 6.45) is 2.59. The highest BCUT2D eigenvalue weighted by atomic mass is 31.1. The zero-order chi connectivity index (χ0) is 20.2. The molecule has 0 aliphatic carbocycles. The quantitative estimate of drug-likeness (QED) is 0.631. The minimum absolute atomic E-state index is 0.149. The van der Waals surface area contributed by atoms with Crippen LogP contribution in [-0.2, 0) is 18.9 Å². The third-order valence-electron chi connectivity index (χ3n) is 7.01. The predicted octanol–water partition coefficient (Wildman–Crippen LogP) is 4.94. The van der Waals surface area contributed by atoms with Crippen LogP contribution in [0.4, 0.5) is 0 Å². The highest BCUT2D eigenvalue weighted by Gasteiger charge is 2.59. The van der Waals surface area contributed by atoms with E-state index in [0.29, 0.717) is 11.3 Å². The molecule has 2 aromatic carbocycles. The summed E-state index contributed by atoms with van der Waals surface area (Å²) in [7, 11) is -0.298. The molecule has 0 N–H and O–H groups in total. The molecule has 4 heterocycles. The first kappa shape index (κ1) is 19.8. The Bertz CT molecular complexity index is 808. The standard InChI is InChI=1S/C24H28O4P2/c1-29-13-17-19(27-23(25-17)15-9-5-3-6-10-15)21(29)22-20-18(14-30(22)2)26-24(28-20)16-11-7-4-8-12-16/h3-12,17-24H,13-14H2,1-2H3/t17-,18-,19+,20+,21-,22-,23?,24?,29+,30+/m1/s1. The Morgan fingerprint density at radius 2 is 1.00 bits per heavy atom. The summed E-state index contributed by atoms with van der Waals surface area (Å²) in [5, 5.41) is 0. The van der Waals surface area contributed by atoms with E-state index < -0.39 is 0 Å². The molecule has 0 spiro atoms. The lowest BCUT2D eigenvalue weighted by atomic mass is 10.0. The zero-order valence-corrected chi connectivity index (χ0v) is 19.1. The van der Waals surface area contributed by atoms with Crippen molar-refractivity contribution >= 4 is 15.8 Å². The van der Waals surface area contributed by atoms with Gasteiger partial charge in [0.25, 0.3) is 0 Å². The van der Waals surface area contributed by atoms with Gasteiger partial charge in [0.05, 0.1) is 24.4 Å². The second-order valence-corrected chi connectivity index (χ2v) is 13.8. The summed E-state index contributed by atoms with van der Waals surface area (Å²) in [5.41, 5.74) is 3.31. The van der Waals surface area contributed by atoms with E-state index in [4.69, 9.17) is 18.9 Å².